The van der Waals surface area contributed by atoms with E-state index in [1.54, 1.807) is 0 Å². The summed E-state index contributed by atoms with van der Waals surface area (Å²) in [6.45, 7) is 9.07. The highest BCUT2D eigenvalue weighted by molar-refractivity contribution is 8.76. The van der Waals surface area contributed by atoms with Gasteiger partial charge < -0.3 is 0 Å². The zero-order valence-electron chi connectivity index (χ0n) is 16.9. The van der Waals surface area contributed by atoms with Crippen molar-refractivity contribution in [3.63, 3.8) is 0 Å². The molecule has 0 heterocycles. The first kappa shape index (κ1) is 21.4. The summed E-state index contributed by atoms with van der Waals surface area (Å²) in [5.74, 6) is 0. The average Bonchev–Trinajstić information content (AvgIpc) is 2.61. The molecule has 0 aliphatic rings. The molecule has 0 saturated carbocycles. The van der Waals surface area contributed by atoms with Crippen LogP contribution in [0.3, 0.4) is 0 Å². The lowest BCUT2D eigenvalue weighted by atomic mass is 10.0. The summed E-state index contributed by atoms with van der Waals surface area (Å²) in [5, 5.41) is 0. The summed E-state index contributed by atoms with van der Waals surface area (Å²) < 4.78 is 0. The second-order valence-corrected chi connectivity index (χ2v) is 9.41. The van der Waals surface area contributed by atoms with Crippen LogP contribution in [0.1, 0.15) is 75.6 Å². The smallest absolute Gasteiger partial charge is 0.0191 e. The van der Waals surface area contributed by atoms with Gasteiger partial charge >= 0.3 is 0 Å². The Hall–Kier alpha value is -0.860. The summed E-state index contributed by atoms with van der Waals surface area (Å²) >= 11 is 0. The fraction of sp³-hybridized carbons (Fsp3) is 0.500. The molecule has 2 heteroatoms. The Labute approximate surface area is 169 Å². The molecule has 0 radical (unpaired) electrons. The van der Waals surface area contributed by atoms with E-state index in [1.165, 1.54) is 83.4 Å². The largest absolute Gasteiger partial charge is 0.0651 e. The Kier molecular flexibility index (Phi) is 9.71. The van der Waals surface area contributed by atoms with E-state index < -0.39 is 0 Å². The van der Waals surface area contributed by atoms with Crippen molar-refractivity contribution in [2.24, 2.45) is 0 Å². The minimum atomic E-state index is 1.18. The van der Waals surface area contributed by atoms with Gasteiger partial charge in [0.2, 0.25) is 0 Å². The van der Waals surface area contributed by atoms with Crippen molar-refractivity contribution < 1.29 is 0 Å². The van der Waals surface area contributed by atoms with E-state index in [1.807, 2.05) is 21.6 Å². The maximum absolute atomic E-state index is 2.41. The average molecular weight is 387 g/mol. The molecule has 0 N–H and O–H groups in total. The summed E-state index contributed by atoms with van der Waals surface area (Å²) in [4.78, 5) is 2.81. The molecule has 0 nitrogen and oxygen atoms in total. The quantitative estimate of drug-likeness (QED) is 0.356. The van der Waals surface area contributed by atoms with Crippen molar-refractivity contribution in [3.05, 3.63) is 58.7 Å². The van der Waals surface area contributed by atoms with Gasteiger partial charge in [-0.3, -0.25) is 0 Å². The van der Waals surface area contributed by atoms with Crippen LogP contribution in [0.4, 0.5) is 0 Å². The molecule has 0 fully saturated rings. The first-order valence-corrected chi connectivity index (χ1v) is 12.4. The highest BCUT2D eigenvalue weighted by atomic mass is 33.1. The van der Waals surface area contributed by atoms with E-state index in [9.17, 15) is 0 Å². The van der Waals surface area contributed by atoms with Crippen molar-refractivity contribution in [1.82, 2.24) is 0 Å². The van der Waals surface area contributed by atoms with Crippen LogP contribution in [0.15, 0.2) is 46.2 Å². The van der Waals surface area contributed by atoms with Crippen LogP contribution in [0.25, 0.3) is 0 Å². The van der Waals surface area contributed by atoms with Gasteiger partial charge in [0.15, 0.2) is 0 Å². The van der Waals surface area contributed by atoms with Gasteiger partial charge in [-0.15, -0.1) is 0 Å². The molecule has 0 aliphatic carbocycles. The van der Waals surface area contributed by atoms with Crippen molar-refractivity contribution in [2.45, 2.75) is 88.9 Å². The molecule has 2 aromatic carbocycles. The van der Waals surface area contributed by atoms with E-state index in [0.717, 1.165) is 0 Å². The summed E-state index contributed by atoms with van der Waals surface area (Å²) in [6.07, 6.45) is 9.59. The van der Waals surface area contributed by atoms with Crippen molar-refractivity contribution in [3.8, 4) is 0 Å². The lowest BCUT2D eigenvalue weighted by molar-refractivity contribution is 0.888. The topological polar surface area (TPSA) is 0 Å². The van der Waals surface area contributed by atoms with Crippen LogP contribution in [0.5, 0.6) is 0 Å². The third-order valence-electron chi connectivity index (χ3n) is 4.44. The SMILES string of the molecule is CCCc1cc(CCC)cc(SSc2cc(CCC)cc(CCC)c2)c1. The normalized spacial score (nSPS) is 11.1. The van der Waals surface area contributed by atoms with Crippen LogP contribution in [-0.4, -0.2) is 0 Å². The van der Waals surface area contributed by atoms with Gasteiger partial charge in [-0.25, -0.2) is 0 Å². The summed E-state index contributed by atoms with van der Waals surface area (Å²) in [5.41, 5.74) is 5.97. The van der Waals surface area contributed by atoms with Crippen LogP contribution in [-0.2, 0) is 25.7 Å². The number of aryl methyl sites for hydroxylation is 4. The lowest BCUT2D eigenvalue weighted by Gasteiger charge is -2.11. The number of rotatable bonds is 11. The third-order valence-corrected chi connectivity index (χ3v) is 6.79. The molecule has 0 spiro atoms. The fourth-order valence-electron chi connectivity index (χ4n) is 3.38. The standard InChI is InChI=1S/C24H34S2/c1-5-9-19-13-20(10-6-2)16-23(15-19)25-26-24-17-21(11-7-3)14-22(18-24)12-8-4/h13-18H,5-12H2,1-4H3. The van der Waals surface area contributed by atoms with Crippen molar-refractivity contribution in [2.75, 3.05) is 0 Å². The lowest BCUT2D eigenvalue weighted by Crippen LogP contribution is -1.91. The van der Waals surface area contributed by atoms with Gasteiger partial charge in [-0.1, -0.05) is 87.1 Å². The second kappa shape index (κ2) is 11.8. The monoisotopic (exact) mass is 386 g/mol. The Bertz CT molecular complexity index is 568. The van der Waals surface area contributed by atoms with Gasteiger partial charge in [-0.2, -0.15) is 0 Å². The maximum atomic E-state index is 2.41. The van der Waals surface area contributed by atoms with E-state index in [2.05, 4.69) is 64.1 Å². The molecular weight excluding hydrogens is 352 g/mol. The predicted molar refractivity (Wildman–Crippen MR) is 121 cm³/mol. The molecule has 0 aliphatic heterocycles. The fourth-order valence-corrected chi connectivity index (χ4v) is 5.53. The molecule has 0 aromatic heterocycles. The maximum Gasteiger partial charge on any atom is 0.0191 e. The van der Waals surface area contributed by atoms with Gasteiger partial charge in [-0.05, 0) is 72.2 Å². The molecule has 2 aromatic rings. The Morgan fingerprint density at radius 3 is 0.962 bits per heavy atom. The van der Waals surface area contributed by atoms with Crippen molar-refractivity contribution >= 4 is 21.6 Å². The Balaban J connectivity index is 2.16. The molecule has 26 heavy (non-hydrogen) atoms. The van der Waals surface area contributed by atoms with E-state index in [0.29, 0.717) is 0 Å². The first-order valence-electron chi connectivity index (χ1n) is 10.3. The van der Waals surface area contributed by atoms with Crippen LogP contribution >= 0.6 is 21.6 Å². The molecule has 0 unspecified atom stereocenters. The predicted octanol–water partition coefficient (Wildman–Crippen LogP) is 8.30. The highest BCUT2D eigenvalue weighted by Gasteiger charge is 2.06. The number of hydrogen-bond donors (Lipinski definition) is 0. The molecule has 0 amide bonds. The van der Waals surface area contributed by atoms with Gasteiger partial charge in [0, 0.05) is 9.79 Å². The summed E-state index contributed by atoms with van der Waals surface area (Å²) in [7, 11) is 3.85. The molecule has 2 rings (SSSR count). The van der Waals surface area contributed by atoms with E-state index >= 15 is 0 Å². The molecule has 0 atom stereocenters. The number of benzene rings is 2. The molecular formula is C24H34S2. The van der Waals surface area contributed by atoms with E-state index in [4.69, 9.17) is 0 Å². The van der Waals surface area contributed by atoms with Gasteiger partial charge in [0.05, 0.1) is 0 Å². The highest BCUT2D eigenvalue weighted by Crippen LogP contribution is 2.39. The van der Waals surface area contributed by atoms with Crippen molar-refractivity contribution in [1.29, 1.82) is 0 Å². The van der Waals surface area contributed by atoms with Gasteiger partial charge in [0.25, 0.3) is 0 Å². The zero-order chi connectivity index (χ0) is 18.8. The minimum absolute atomic E-state index is 1.18. The molecule has 142 valence electrons. The molecule has 0 saturated heterocycles. The molecule has 0 bridgehead atoms. The van der Waals surface area contributed by atoms with E-state index in [-0.39, 0.29) is 0 Å². The Morgan fingerprint density at radius 1 is 0.462 bits per heavy atom. The van der Waals surface area contributed by atoms with Crippen LogP contribution < -0.4 is 0 Å². The summed E-state index contributed by atoms with van der Waals surface area (Å²) in [6, 6.07) is 14.4. The number of hydrogen-bond acceptors (Lipinski definition) is 2. The first-order chi connectivity index (χ1) is 12.7. The minimum Gasteiger partial charge on any atom is -0.0651 e. The van der Waals surface area contributed by atoms with Crippen LogP contribution in [0, 0.1) is 0 Å². The Morgan fingerprint density at radius 2 is 0.731 bits per heavy atom. The third kappa shape index (κ3) is 7.04. The van der Waals surface area contributed by atoms with Crippen LogP contribution in [0.2, 0.25) is 0 Å². The second-order valence-electron chi connectivity index (χ2n) is 7.14. The van der Waals surface area contributed by atoms with Gasteiger partial charge in [0.1, 0.15) is 0 Å². The zero-order valence-corrected chi connectivity index (χ0v) is 18.6.